The monoisotopic (exact) mass is 157 g/mol. The van der Waals surface area contributed by atoms with E-state index in [2.05, 4.69) is 6.92 Å². The molecule has 0 amide bonds. The zero-order valence-electron chi connectivity index (χ0n) is 7.34. The fourth-order valence-electron chi connectivity index (χ4n) is 1.95. The Kier molecular flexibility index (Phi) is 2.90. The van der Waals surface area contributed by atoms with Crippen molar-refractivity contribution in [1.82, 2.24) is 0 Å². The fraction of sp³-hybridized carbons (Fsp3) is 1.00. The van der Waals surface area contributed by atoms with Gasteiger partial charge in [0.1, 0.15) is 0 Å². The van der Waals surface area contributed by atoms with Gasteiger partial charge < -0.3 is 10.8 Å². The lowest BCUT2D eigenvalue weighted by atomic mass is 9.71. The van der Waals surface area contributed by atoms with E-state index >= 15 is 0 Å². The average Bonchev–Trinajstić information content (AvgIpc) is 2.04. The Balaban J connectivity index is 2.49. The van der Waals surface area contributed by atoms with Crippen molar-refractivity contribution in [1.29, 1.82) is 0 Å². The zero-order valence-corrected chi connectivity index (χ0v) is 7.34. The topological polar surface area (TPSA) is 46.2 Å². The van der Waals surface area contributed by atoms with Crippen molar-refractivity contribution in [2.24, 2.45) is 11.1 Å². The third-order valence-electron chi connectivity index (χ3n) is 3.09. The molecule has 0 unspecified atom stereocenters. The van der Waals surface area contributed by atoms with Crippen molar-refractivity contribution in [3.63, 3.8) is 0 Å². The standard InChI is InChI=1S/C9H19NO/c1-9(8(10)7-11)5-3-2-4-6-9/h8,11H,2-7,10H2,1H3/t8-/m1/s1. The van der Waals surface area contributed by atoms with Gasteiger partial charge in [-0.15, -0.1) is 0 Å². The second-order valence-corrected chi connectivity index (χ2v) is 4.00. The van der Waals surface area contributed by atoms with Crippen LogP contribution in [0.4, 0.5) is 0 Å². The fourth-order valence-corrected chi connectivity index (χ4v) is 1.95. The summed E-state index contributed by atoms with van der Waals surface area (Å²) in [5.41, 5.74) is 6.05. The molecule has 2 nitrogen and oxygen atoms in total. The maximum Gasteiger partial charge on any atom is 0.0587 e. The van der Waals surface area contributed by atoms with Gasteiger partial charge in [0.2, 0.25) is 0 Å². The summed E-state index contributed by atoms with van der Waals surface area (Å²) in [4.78, 5) is 0. The Morgan fingerprint density at radius 1 is 1.36 bits per heavy atom. The minimum Gasteiger partial charge on any atom is -0.395 e. The molecule has 11 heavy (non-hydrogen) atoms. The molecule has 0 bridgehead atoms. The smallest absolute Gasteiger partial charge is 0.0587 e. The Hall–Kier alpha value is -0.0800. The first-order valence-electron chi connectivity index (χ1n) is 4.55. The minimum atomic E-state index is -0.0113. The highest BCUT2D eigenvalue weighted by molar-refractivity contribution is 4.87. The lowest BCUT2D eigenvalue weighted by Gasteiger charge is -2.37. The van der Waals surface area contributed by atoms with Crippen LogP contribution in [0.5, 0.6) is 0 Å². The Morgan fingerprint density at radius 3 is 2.36 bits per heavy atom. The number of aliphatic hydroxyl groups excluding tert-OH is 1. The van der Waals surface area contributed by atoms with Gasteiger partial charge in [-0.2, -0.15) is 0 Å². The lowest BCUT2D eigenvalue weighted by Crippen LogP contribution is -2.43. The van der Waals surface area contributed by atoms with Crippen LogP contribution in [0.2, 0.25) is 0 Å². The minimum absolute atomic E-state index is 0.0113. The molecule has 0 heterocycles. The summed E-state index contributed by atoms with van der Waals surface area (Å²) < 4.78 is 0. The third-order valence-corrected chi connectivity index (χ3v) is 3.09. The van der Waals surface area contributed by atoms with Gasteiger partial charge in [0.25, 0.3) is 0 Å². The van der Waals surface area contributed by atoms with Gasteiger partial charge in [-0.05, 0) is 18.3 Å². The molecule has 0 aromatic rings. The molecule has 0 saturated heterocycles. The second-order valence-electron chi connectivity index (χ2n) is 4.00. The first-order chi connectivity index (χ1) is 5.19. The van der Waals surface area contributed by atoms with Gasteiger partial charge in [0.15, 0.2) is 0 Å². The van der Waals surface area contributed by atoms with Crippen molar-refractivity contribution in [3.8, 4) is 0 Å². The first-order valence-corrected chi connectivity index (χ1v) is 4.55. The molecule has 0 aromatic heterocycles. The predicted molar refractivity (Wildman–Crippen MR) is 46.3 cm³/mol. The van der Waals surface area contributed by atoms with Crippen LogP contribution < -0.4 is 5.73 Å². The number of aliphatic hydroxyl groups is 1. The van der Waals surface area contributed by atoms with Gasteiger partial charge in [0, 0.05) is 6.04 Å². The molecular weight excluding hydrogens is 138 g/mol. The van der Waals surface area contributed by atoms with Gasteiger partial charge in [0.05, 0.1) is 6.61 Å². The van der Waals surface area contributed by atoms with Crippen LogP contribution in [0.1, 0.15) is 39.0 Å². The molecule has 0 spiro atoms. The molecule has 66 valence electrons. The molecule has 1 rings (SSSR count). The summed E-state index contributed by atoms with van der Waals surface area (Å²) >= 11 is 0. The highest BCUT2D eigenvalue weighted by Gasteiger charge is 2.32. The highest BCUT2D eigenvalue weighted by Crippen LogP contribution is 2.37. The van der Waals surface area contributed by atoms with Gasteiger partial charge in [-0.3, -0.25) is 0 Å². The summed E-state index contributed by atoms with van der Waals surface area (Å²) in [5.74, 6) is 0. The van der Waals surface area contributed by atoms with E-state index < -0.39 is 0 Å². The van der Waals surface area contributed by atoms with Crippen molar-refractivity contribution in [2.75, 3.05) is 6.61 Å². The van der Waals surface area contributed by atoms with E-state index in [1.54, 1.807) is 0 Å². The number of hydrogen-bond acceptors (Lipinski definition) is 2. The Bertz CT molecular complexity index is 119. The lowest BCUT2D eigenvalue weighted by molar-refractivity contribution is 0.117. The van der Waals surface area contributed by atoms with Crippen LogP contribution in [0.3, 0.4) is 0 Å². The molecule has 0 aliphatic heterocycles. The molecule has 0 aromatic carbocycles. The summed E-state index contributed by atoms with van der Waals surface area (Å²) in [6, 6.07) is -0.0113. The second kappa shape index (κ2) is 3.55. The van der Waals surface area contributed by atoms with Crippen LogP contribution in [0, 0.1) is 5.41 Å². The van der Waals surface area contributed by atoms with E-state index in [1.165, 1.54) is 32.1 Å². The first kappa shape index (κ1) is 9.01. The summed E-state index contributed by atoms with van der Waals surface area (Å²) in [6.07, 6.45) is 6.28. The molecule has 1 fully saturated rings. The molecular formula is C9H19NO. The molecule has 0 radical (unpaired) electrons. The highest BCUT2D eigenvalue weighted by atomic mass is 16.3. The zero-order chi connectivity index (χ0) is 8.32. The SMILES string of the molecule is CC1([C@H](N)CO)CCCCC1. The van der Waals surface area contributed by atoms with E-state index in [-0.39, 0.29) is 18.1 Å². The van der Waals surface area contributed by atoms with Crippen molar-refractivity contribution in [3.05, 3.63) is 0 Å². The normalized spacial score (nSPS) is 26.5. The third kappa shape index (κ3) is 1.94. The summed E-state index contributed by atoms with van der Waals surface area (Å²) in [6.45, 7) is 2.34. The maximum absolute atomic E-state index is 8.93. The van der Waals surface area contributed by atoms with Crippen LogP contribution >= 0.6 is 0 Å². The molecule has 1 atom stereocenters. The van der Waals surface area contributed by atoms with Crippen molar-refractivity contribution >= 4 is 0 Å². The van der Waals surface area contributed by atoms with E-state index in [0.717, 1.165) is 0 Å². The van der Waals surface area contributed by atoms with E-state index in [1.807, 2.05) is 0 Å². The molecule has 1 aliphatic rings. The largest absolute Gasteiger partial charge is 0.395 e. The Morgan fingerprint density at radius 2 is 1.91 bits per heavy atom. The van der Waals surface area contributed by atoms with E-state index in [0.29, 0.717) is 0 Å². The van der Waals surface area contributed by atoms with Crippen LogP contribution in [0.25, 0.3) is 0 Å². The van der Waals surface area contributed by atoms with Crippen LogP contribution in [-0.4, -0.2) is 17.8 Å². The van der Waals surface area contributed by atoms with Gasteiger partial charge >= 0.3 is 0 Å². The molecule has 2 heteroatoms. The average molecular weight is 157 g/mol. The summed E-state index contributed by atoms with van der Waals surface area (Å²) in [7, 11) is 0. The number of nitrogens with two attached hydrogens (primary N) is 1. The molecule has 1 aliphatic carbocycles. The predicted octanol–water partition coefficient (Wildman–Crippen LogP) is 1.28. The van der Waals surface area contributed by atoms with Gasteiger partial charge in [-0.1, -0.05) is 26.2 Å². The number of hydrogen-bond donors (Lipinski definition) is 2. The van der Waals surface area contributed by atoms with Crippen LogP contribution in [0.15, 0.2) is 0 Å². The molecule has 1 saturated carbocycles. The quantitative estimate of drug-likeness (QED) is 0.634. The Labute approximate surface area is 68.8 Å². The van der Waals surface area contributed by atoms with Crippen molar-refractivity contribution in [2.45, 2.75) is 45.1 Å². The molecule has 3 N–H and O–H groups in total. The van der Waals surface area contributed by atoms with E-state index in [9.17, 15) is 0 Å². The van der Waals surface area contributed by atoms with Crippen LogP contribution in [-0.2, 0) is 0 Å². The van der Waals surface area contributed by atoms with E-state index in [4.69, 9.17) is 10.8 Å². The maximum atomic E-state index is 8.93. The van der Waals surface area contributed by atoms with Crippen molar-refractivity contribution < 1.29 is 5.11 Å². The number of rotatable bonds is 2. The van der Waals surface area contributed by atoms with Gasteiger partial charge in [-0.25, -0.2) is 0 Å². The summed E-state index contributed by atoms with van der Waals surface area (Å²) in [5, 5.41) is 8.93.